The lowest BCUT2D eigenvalue weighted by Gasteiger charge is -2.19. The van der Waals surface area contributed by atoms with E-state index in [1.807, 2.05) is 26.8 Å². The Morgan fingerprint density at radius 3 is 2.44 bits per heavy atom. The van der Waals surface area contributed by atoms with Gasteiger partial charge in [0.05, 0.1) is 5.69 Å². The Bertz CT molecular complexity index is 388. The highest BCUT2D eigenvalue weighted by molar-refractivity contribution is 5.92. The van der Waals surface area contributed by atoms with E-state index in [2.05, 4.69) is 15.5 Å². The molecule has 2 rings (SSSR count). The van der Waals surface area contributed by atoms with Crippen LogP contribution < -0.4 is 5.32 Å². The molecule has 0 saturated heterocycles. The fourth-order valence-corrected chi connectivity index (χ4v) is 1.47. The van der Waals surface area contributed by atoms with Crippen LogP contribution in [0.4, 0.5) is 0 Å². The van der Waals surface area contributed by atoms with Crippen molar-refractivity contribution < 1.29 is 4.79 Å². The van der Waals surface area contributed by atoms with Crippen LogP contribution >= 0.6 is 0 Å². The van der Waals surface area contributed by atoms with Crippen LogP contribution in [0.1, 0.15) is 55.7 Å². The van der Waals surface area contributed by atoms with E-state index in [9.17, 15) is 4.79 Å². The van der Waals surface area contributed by atoms with Gasteiger partial charge in [0.15, 0.2) is 5.69 Å². The molecule has 0 bridgehead atoms. The summed E-state index contributed by atoms with van der Waals surface area (Å²) in [5.41, 5.74) is 1.15. The molecular weight excluding hydrogens is 202 g/mol. The van der Waals surface area contributed by atoms with Crippen LogP contribution in [0, 0.1) is 0 Å². The van der Waals surface area contributed by atoms with Crippen molar-refractivity contribution >= 4 is 5.91 Å². The van der Waals surface area contributed by atoms with Crippen molar-refractivity contribution in [3.05, 3.63) is 23.5 Å². The third-order valence-corrected chi connectivity index (χ3v) is 2.40. The summed E-state index contributed by atoms with van der Waals surface area (Å²) in [7, 11) is 0. The maximum absolute atomic E-state index is 11.7. The molecule has 86 valence electrons. The van der Waals surface area contributed by atoms with Crippen LogP contribution in [0.5, 0.6) is 0 Å². The Labute approximate surface area is 95.5 Å². The molecule has 0 unspecified atom stereocenters. The molecule has 16 heavy (non-hydrogen) atoms. The second-order valence-corrected chi connectivity index (χ2v) is 5.32. The predicted octanol–water partition coefficient (Wildman–Crippen LogP) is 1.88. The first-order chi connectivity index (χ1) is 7.46. The second kappa shape index (κ2) is 3.85. The van der Waals surface area contributed by atoms with Gasteiger partial charge in [-0.2, -0.15) is 5.10 Å². The quantitative estimate of drug-likeness (QED) is 0.826. The molecule has 1 fully saturated rings. The number of amides is 1. The largest absolute Gasteiger partial charge is 0.346 e. The Kier molecular flexibility index (Phi) is 2.66. The molecular formula is C12H17N3O. The van der Waals surface area contributed by atoms with E-state index in [4.69, 9.17) is 0 Å². The van der Waals surface area contributed by atoms with Gasteiger partial charge >= 0.3 is 0 Å². The van der Waals surface area contributed by atoms with E-state index in [0.29, 0.717) is 11.6 Å². The molecule has 1 N–H and O–H groups in total. The molecule has 0 spiro atoms. The van der Waals surface area contributed by atoms with Gasteiger partial charge in [-0.15, -0.1) is 5.10 Å². The van der Waals surface area contributed by atoms with Gasteiger partial charge in [0.2, 0.25) is 0 Å². The van der Waals surface area contributed by atoms with Crippen molar-refractivity contribution in [1.29, 1.82) is 0 Å². The molecule has 1 aromatic heterocycles. The second-order valence-electron chi connectivity index (χ2n) is 5.32. The number of carbonyl (C=O) groups is 1. The highest BCUT2D eigenvalue weighted by atomic mass is 16.2. The molecule has 4 nitrogen and oxygen atoms in total. The Hall–Kier alpha value is -1.45. The maximum atomic E-state index is 11.7. The van der Waals surface area contributed by atoms with Gasteiger partial charge in [0.1, 0.15) is 0 Å². The summed E-state index contributed by atoms with van der Waals surface area (Å²) in [5.74, 6) is 0.412. The zero-order valence-electron chi connectivity index (χ0n) is 9.95. The van der Waals surface area contributed by atoms with Crippen molar-refractivity contribution in [2.45, 2.75) is 45.1 Å². The van der Waals surface area contributed by atoms with Crippen LogP contribution in [0.3, 0.4) is 0 Å². The van der Waals surface area contributed by atoms with E-state index in [0.717, 1.165) is 5.69 Å². The van der Waals surface area contributed by atoms with Crippen LogP contribution in [0.15, 0.2) is 12.1 Å². The van der Waals surface area contributed by atoms with Crippen LogP contribution in [0.25, 0.3) is 0 Å². The highest BCUT2D eigenvalue weighted by Crippen LogP contribution is 2.38. The average molecular weight is 219 g/mol. The van der Waals surface area contributed by atoms with Crippen molar-refractivity contribution in [1.82, 2.24) is 15.5 Å². The van der Waals surface area contributed by atoms with E-state index in [1.165, 1.54) is 12.8 Å². The van der Waals surface area contributed by atoms with Gasteiger partial charge in [-0.3, -0.25) is 4.79 Å². The molecule has 1 aliphatic rings. The summed E-state index contributed by atoms with van der Waals surface area (Å²) < 4.78 is 0. The minimum absolute atomic E-state index is 0.164. The molecule has 0 radical (unpaired) electrons. The number of hydrogen-bond donors (Lipinski definition) is 1. The van der Waals surface area contributed by atoms with Gasteiger partial charge in [-0.05, 0) is 45.7 Å². The van der Waals surface area contributed by atoms with Crippen molar-refractivity contribution in [2.24, 2.45) is 0 Å². The van der Waals surface area contributed by atoms with E-state index < -0.39 is 0 Å². The zero-order chi connectivity index (χ0) is 11.8. The summed E-state index contributed by atoms with van der Waals surface area (Å²) in [6.45, 7) is 5.82. The molecule has 1 heterocycles. The maximum Gasteiger partial charge on any atom is 0.272 e. The molecule has 1 aliphatic carbocycles. The number of aromatic nitrogens is 2. The Morgan fingerprint density at radius 2 is 2.00 bits per heavy atom. The lowest BCUT2D eigenvalue weighted by molar-refractivity contribution is 0.0913. The van der Waals surface area contributed by atoms with Crippen molar-refractivity contribution in [3.63, 3.8) is 0 Å². The topological polar surface area (TPSA) is 54.9 Å². The fraction of sp³-hybridized carbons (Fsp3) is 0.583. The molecule has 1 amide bonds. The van der Waals surface area contributed by atoms with Gasteiger partial charge in [-0.1, -0.05) is 0 Å². The summed E-state index contributed by atoms with van der Waals surface area (Å²) in [6, 6.07) is 3.66. The van der Waals surface area contributed by atoms with Gasteiger partial charge in [0, 0.05) is 11.5 Å². The molecule has 0 atom stereocenters. The van der Waals surface area contributed by atoms with E-state index >= 15 is 0 Å². The predicted molar refractivity (Wildman–Crippen MR) is 61.2 cm³/mol. The van der Waals surface area contributed by atoms with Crippen LogP contribution in [0.2, 0.25) is 0 Å². The first kappa shape index (κ1) is 11.0. The zero-order valence-corrected chi connectivity index (χ0v) is 9.95. The van der Waals surface area contributed by atoms with Crippen molar-refractivity contribution in [3.8, 4) is 0 Å². The Balaban J connectivity index is 2.06. The number of hydrogen-bond acceptors (Lipinski definition) is 3. The number of nitrogens with one attached hydrogen (secondary N) is 1. The minimum atomic E-state index is -0.242. The van der Waals surface area contributed by atoms with Crippen molar-refractivity contribution in [2.75, 3.05) is 0 Å². The number of carbonyl (C=O) groups excluding carboxylic acids is 1. The Morgan fingerprint density at radius 1 is 1.31 bits per heavy atom. The normalized spacial score (nSPS) is 15.9. The number of rotatable bonds is 2. The summed E-state index contributed by atoms with van der Waals surface area (Å²) in [5, 5.41) is 10.9. The summed E-state index contributed by atoms with van der Waals surface area (Å²) >= 11 is 0. The number of nitrogens with zero attached hydrogens (tertiary/aromatic N) is 2. The molecule has 0 aliphatic heterocycles. The lowest BCUT2D eigenvalue weighted by Crippen LogP contribution is -2.41. The standard InChI is InChI=1S/C12H17N3O/c1-12(2,3)13-11(16)10-7-6-9(14-15-10)8-4-5-8/h6-8H,4-5H2,1-3H3,(H,13,16). The van der Waals surface area contributed by atoms with Crippen LogP contribution in [-0.4, -0.2) is 21.6 Å². The first-order valence-electron chi connectivity index (χ1n) is 5.62. The molecule has 1 saturated carbocycles. The minimum Gasteiger partial charge on any atom is -0.346 e. The summed E-state index contributed by atoms with van der Waals surface area (Å²) in [4.78, 5) is 11.7. The molecule has 0 aromatic carbocycles. The molecule has 4 heteroatoms. The first-order valence-corrected chi connectivity index (χ1v) is 5.62. The third-order valence-electron chi connectivity index (χ3n) is 2.40. The van der Waals surface area contributed by atoms with Gasteiger partial charge < -0.3 is 5.32 Å². The highest BCUT2D eigenvalue weighted by Gasteiger charge is 2.25. The van der Waals surface area contributed by atoms with E-state index in [-0.39, 0.29) is 11.4 Å². The van der Waals surface area contributed by atoms with Gasteiger partial charge in [0.25, 0.3) is 5.91 Å². The monoisotopic (exact) mass is 219 g/mol. The van der Waals surface area contributed by atoms with Gasteiger partial charge in [-0.25, -0.2) is 0 Å². The molecule has 1 aromatic rings. The fourth-order valence-electron chi connectivity index (χ4n) is 1.47. The average Bonchev–Trinajstić information content (AvgIpc) is 2.98. The lowest BCUT2D eigenvalue weighted by atomic mass is 10.1. The smallest absolute Gasteiger partial charge is 0.272 e. The van der Waals surface area contributed by atoms with E-state index in [1.54, 1.807) is 6.07 Å². The third kappa shape index (κ3) is 2.78. The SMILES string of the molecule is CC(C)(C)NC(=O)c1ccc(C2CC2)nn1. The summed E-state index contributed by atoms with van der Waals surface area (Å²) in [6.07, 6.45) is 2.39. The van der Waals surface area contributed by atoms with Crippen LogP contribution in [-0.2, 0) is 0 Å².